The number of nitrogens with one attached hydrogen (secondary N) is 3. The van der Waals surface area contributed by atoms with Crippen LogP contribution in [0.3, 0.4) is 0 Å². The third-order valence-corrected chi connectivity index (χ3v) is 5.12. The number of anilines is 2. The van der Waals surface area contributed by atoms with Gasteiger partial charge in [0, 0.05) is 33.0 Å². The number of rotatable bonds is 6. The lowest BCUT2D eigenvalue weighted by Crippen LogP contribution is -2.36. The summed E-state index contributed by atoms with van der Waals surface area (Å²) in [6.07, 6.45) is 5.69. The van der Waals surface area contributed by atoms with Crippen LogP contribution >= 0.6 is 23.2 Å². The maximum atomic E-state index is 12.3. The summed E-state index contributed by atoms with van der Waals surface area (Å²) in [6.45, 7) is 0.0700. The van der Waals surface area contributed by atoms with Gasteiger partial charge in [0.25, 0.3) is 5.91 Å². The summed E-state index contributed by atoms with van der Waals surface area (Å²) in [6, 6.07) is 12.2. The van der Waals surface area contributed by atoms with Crippen molar-refractivity contribution in [3.63, 3.8) is 0 Å². The summed E-state index contributed by atoms with van der Waals surface area (Å²) >= 11 is 11.9. The van der Waals surface area contributed by atoms with E-state index in [1.807, 2.05) is 0 Å². The predicted molar refractivity (Wildman–Crippen MR) is 114 cm³/mol. The quantitative estimate of drug-likeness (QED) is 0.609. The highest BCUT2D eigenvalue weighted by molar-refractivity contribution is 6.35. The van der Waals surface area contributed by atoms with Crippen LogP contribution in [-0.4, -0.2) is 24.4 Å². The average Bonchev–Trinajstić information content (AvgIpc) is 2.67. The third kappa shape index (κ3) is 6.14. The molecular weight excluding hydrogens is 397 g/mol. The zero-order valence-corrected chi connectivity index (χ0v) is 16.9. The molecule has 3 N–H and O–H groups in total. The van der Waals surface area contributed by atoms with Crippen molar-refractivity contribution in [1.82, 2.24) is 5.32 Å². The number of carbonyl (C=O) groups is 2. The Morgan fingerprint density at radius 2 is 1.54 bits per heavy atom. The average molecular weight is 420 g/mol. The smallest absolute Gasteiger partial charge is 0.251 e. The van der Waals surface area contributed by atoms with E-state index in [1.165, 1.54) is 19.3 Å². The molecule has 2 aromatic carbocycles. The zero-order chi connectivity index (χ0) is 19.9. The largest absolute Gasteiger partial charge is 0.376 e. The number of carbonyl (C=O) groups excluding carboxylic acids is 2. The van der Waals surface area contributed by atoms with E-state index in [9.17, 15) is 9.59 Å². The van der Waals surface area contributed by atoms with Crippen LogP contribution in [0.4, 0.5) is 11.4 Å². The number of halogens is 2. The third-order valence-electron chi connectivity index (χ3n) is 4.69. The van der Waals surface area contributed by atoms with Gasteiger partial charge in [-0.1, -0.05) is 42.5 Å². The summed E-state index contributed by atoms with van der Waals surface area (Å²) in [5.41, 5.74) is 1.89. The van der Waals surface area contributed by atoms with Gasteiger partial charge in [0.2, 0.25) is 5.91 Å². The van der Waals surface area contributed by atoms with Crippen molar-refractivity contribution < 1.29 is 9.59 Å². The Morgan fingerprint density at radius 3 is 2.18 bits per heavy atom. The van der Waals surface area contributed by atoms with Crippen molar-refractivity contribution >= 4 is 46.4 Å². The maximum Gasteiger partial charge on any atom is 0.251 e. The molecule has 7 heteroatoms. The SMILES string of the molecule is O=C(CNc1cc(Cl)cc(Cl)c1)Nc1ccc(C(=O)NC2CCCCC2)cc1. The Hall–Kier alpha value is -2.24. The lowest BCUT2D eigenvalue weighted by atomic mass is 9.95. The molecule has 148 valence electrons. The first kappa shape index (κ1) is 20.5. The molecule has 0 unspecified atom stereocenters. The van der Waals surface area contributed by atoms with E-state index in [-0.39, 0.29) is 24.4 Å². The van der Waals surface area contributed by atoms with E-state index in [0.29, 0.717) is 27.0 Å². The molecule has 1 saturated carbocycles. The van der Waals surface area contributed by atoms with E-state index in [2.05, 4.69) is 16.0 Å². The summed E-state index contributed by atoms with van der Waals surface area (Å²) in [5.74, 6) is -0.278. The van der Waals surface area contributed by atoms with E-state index in [4.69, 9.17) is 23.2 Å². The van der Waals surface area contributed by atoms with Crippen LogP contribution in [-0.2, 0) is 4.79 Å². The molecular formula is C21H23Cl2N3O2. The Labute approximate surface area is 174 Å². The lowest BCUT2D eigenvalue weighted by Gasteiger charge is -2.22. The van der Waals surface area contributed by atoms with Crippen molar-refractivity contribution in [1.29, 1.82) is 0 Å². The minimum atomic E-state index is -0.212. The lowest BCUT2D eigenvalue weighted by molar-refractivity contribution is -0.114. The van der Waals surface area contributed by atoms with Crippen LogP contribution in [0.5, 0.6) is 0 Å². The summed E-state index contributed by atoms with van der Waals surface area (Å²) in [5, 5.41) is 9.85. The molecule has 1 aliphatic carbocycles. The number of hydrogen-bond donors (Lipinski definition) is 3. The van der Waals surface area contributed by atoms with Gasteiger partial charge >= 0.3 is 0 Å². The van der Waals surface area contributed by atoms with Gasteiger partial charge < -0.3 is 16.0 Å². The van der Waals surface area contributed by atoms with Gasteiger partial charge in [0.1, 0.15) is 0 Å². The molecule has 0 radical (unpaired) electrons. The minimum Gasteiger partial charge on any atom is -0.376 e. The summed E-state index contributed by atoms with van der Waals surface area (Å²) < 4.78 is 0. The van der Waals surface area contributed by atoms with Crippen LogP contribution < -0.4 is 16.0 Å². The molecule has 5 nitrogen and oxygen atoms in total. The first-order valence-electron chi connectivity index (χ1n) is 9.40. The molecule has 3 rings (SSSR count). The van der Waals surface area contributed by atoms with Crippen LogP contribution in [0, 0.1) is 0 Å². The van der Waals surface area contributed by atoms with Crippen LogP contribution in [0.25, 0.3) is 0 Å². The molecule has 1 aliphatic rings. The molecule has 0 atom stereocenters. The van der Waals surface area contributed by atoms with Gasteiger partial charge in [-0.15, -0.1) is 0 Å². The zero-order valence-electron chi connectivity index (χ0n) is 15.4. The second kappa shape index (κ2) is 9.80. The first-order valence-corrected chi connectivity index (χ1v) is 10.2. The summed E-state index contributed by atoms with van der Waals surface area (Å²) in [4.78, 5) is 24.4. The molecule has 28 heavy (non-hydrogen) atoms. The van der Waals surface area contributed by atoms with Gasteiger partial charge in [-0.3, -0.25) is 9.59 Å². The van der Waals surface area contributed by atoms with Crippen molar-refractivity contribution in [2.45, 2.75) is 38.1 Å². The highest BCUT2D eigenvalue weighted by Gasteiger charge is 2.16. The molecule has 2 aromatic rings. The Kier molecular flexibility index (Phi) is 7.18. The molecule has 0 saturated heterocycles. The van der Waals surface area contributed by atoms with Crippen LogP contribution in [0.1, 0.15) is 42.5 Å². The summed E-state index contributed by atoms with van der Waals surface area (Å²) in [7, 11) is 0. The number of hydrogen-bond acceptors (Lipinski definition) is 3. The highest BCUT2D eigenvalue weighted by atomic mass is 35.5. The Balaban J connectivity index is 1.49. The molecule has 0 spiro atoms. The second-order valence-electron chi connectivity index (χ2n) is 6.95. The van der Waals surface area contributed by atoms with E-state index in [0.717, 1.165) is 12.8 Å². The van der Waals surface area contributed by atoms with E-state index >= 15 is 0 Å². The molecule has 1 fully saturated rings. The van der Waals surface area contributed by atoms with Crippen LogP contribution in [0.2, 0.25) is 10.0 Å². The van der Waals surface area contributed by atoms with Crippen LogP contribution in [0.15, 0.2) is 42.5 Å². The molecule has 0 bridgehead atoms. The Bertz CT molecular complexity index is 814. The molecule has 2 amide bonds. The second-order valence-corrected chi connectivity index (χ2v) is 7.82. The standard InChI is InChI=1S/C21H23Cl2N3O2/c22-15-10-16(23)12-19(11-15)24-13-20(27)25-18-8-6-14(7-9-18)21(28)26-17-4-2-1-3-5-17/h6-12,17,24H,1-5,13H2,(H,25,27)(H,26,28). The fraction of sp³-hybridized carbons (Fsp3) is 0.333. The number of amides is 2. The molecule has 0 aliphatic heterocycles. The van der Waals surface area contributed by atoms with Gasteiger partial charge in [-0.25, -0.2) is 0 Å². The van der Waals surface area contributed by atoms with Gasteiger partial charge in [0.05, 0.1) is 6.54 Å². The topological polar surface area (TPSA) is 70.2 Å². The number of benzene rings is 2. The monoisotopic (exact) mass is 419 g/mol. The van der Waals surface area contributed by atoms with Crippen molar-refractivity contribution in [3.05, 3.63) is 58.1 Å². The van der Waals surface area contributed by atoms with Gasteiger partial charge in [-0.05, 0) is 55.3 Å². The van der Waals surface area contributed by atoms with Crippen molar-refractivity contribution in [3.8, 4) is 0 Å². The van der Waals surface area contributed by atoms with E-state index < -0.39 is 0 Å². The maximum absolute atomic E-state index is 12.3. The van der Waals surface area contributed by atoms with Gasteiger partial charge in [0.15, 0.2) is 0 Å². The first-order chi connectivity index (χ1) is 13.5. The molecule has 0 heterocycles. The fourth-order valence-electron chi connectivity index (χ4n) is 3.26. The highest BCUT2D eigenvalue weighted by Crippen LogP contribution is 2.22. The van der Waals surface area contributed by atoms with Gasteiger partial charge in [-0.2, -0.15) is 0 Å². The minimum absolute atomic E-state index is 0.0655. The molecule has 0 aromatic heterocycles. The normalized spacial score (nSPS) is 14.4. The van der Waals surface area contributed by atoms with Crippen molar-refractivity contribution in [2.24, 2.45) is 0 Å². The Morgan fingerprint density at radius 1 is 0.893 bits per heavy atom. The fourth-order valence-corrected chi connectivity index (χ4v) is 3.79. The van der Waals surface area contributed by atoms with Crippen molar-refractivity contribution in [2.75, 3.05) is 17.2 Å². The predicted octanol–water partition coefficient (Wildman–Crippen LogP) is 5.11. The van der Waals surface area contributed by atoms with E-state index in [1.54, 1.807) is 42.5 Å².